The molecule has 3 N–H and O–H groups in total. The summed E-state index contributed by atoms with van der Waals surface area (Å²) in [7, 11) is 0. The van der Waals surface area contributed by atoms with Crippen LogP contribution in [0.3, 0.4) is 0 Å². The van der Waals surface area contributed by atoms with Gasteiger partial charge >= 0.3 is 0 Å². The number of nitrogens with one attached hydrogen (secondary N) is 1. The molecular weight excluding hydrogens is 251 g/mol. The van der Waals surface area contributed by atoms with Crippen LogP contribution in [0.5, 0.6) is 0 Å². The Morgan fingerprint density at radius 3 is 3.11 bits per heavy atom. The van der Waals surface area contributed by atoms with Crippen LogP contribution in [0.4, 0.5) is 10.2 Å². The Morgan fingerprint density at radius 2 is 2.37 bits per heavy atom. The highest BCUT2D eigenvalue weighted by Gasteiger charge is 2.11. The van der Waals surface area contributed by atoms with Crippen LogP contribution in [0.2, 0.25) is 0 Å². The number of nitrogen functional groups attached to an aromatic ring is 1. The molecule has 2 aromatic heterocycles. The number of pyridine rings is 1. The van der Waals surface area contributed by atoms with Crippen molar-refractivity contribution in [3.8, 4) is 0 Å². The number of hydrogen-bond acceptors (Lipinski definition) is 5. The summed E-state index contributed by atoms with van der Waals surface area (Å²) in [4.78, 5) is 15.3. The van der Waals surface area contributed by atoms with Crippen molar-refractivity contribution < 1.29 is 9.18 Å². The van der Waals surface area contributed by atoms with Gasteiger partial charge in [0.2, 0.25) is 0 Å². The molecule has 0 bridgehead atoms. The number of carbonyl (C=O) groups excluding carboxylic acids is 1. The zero-order valence-corrected chi connectivity index (χ0v) is 10.1. The summed E-state index contributed by atoms with van der Waals surface area (Å²) >= 11 is 0. The van der Waals surface area contributed by atoms with Gasteiger partial charge in [-0.2, -0.15) is 0 Å². The molecule has 0 fully saturated rings. The van der Waals surface area contributed by atoms with Gasteiger partial charge in [0.05, 0.1) is 18.0 Å². The number of carbonyl (C=O) groups is 1. The lowest BCUT2D eigenvalue weighted by molar-refractivity contribution is 0.0952. The van der Waals surface area contributed by atoms with Gasteiger partial charge in [-0.25, -0.2) is 9.37 Å². The topological polar surface area (TPSA) is 98.7 Å². The minimum atomic E-state index is -0.595. The number of anilines is 1. The molecular formula is C11H13FN6O. The number of aromatic nitrogens is 4. The van der Waals surface area contributed by atoms with E-state index in [1.165, 1.54) is 0 Å². The van der Waals surface area contributed by atoms with Crippen molar-refractivity contribution in [1.29, 1.82) is 0 Å². The van der Waals surface area contributed by atoms with E-state index in [1.54, 1.807) is 17.1 Å². The monoisotopic (exact) mass is 264 g/mol. The van der Waals surface area contributed by atoms with Gasteiger partial charge < -0.3 is 11.1 Å². The van der Waals surface area contributed by atoms with Crippen LogP contribution < -0.4 is 11.1 Å². The smallest absolute Gasteiger partial charge is 0.255 e. The van der Waals surface area contributed by atoms with Gasteiger partial charge in [0, 0.05) is 19.3 Å². The first-order valence-corrected chi connectivity index (χ1v) is 5.70. The molecule has 2 rings (SSSR count). The number of nitrogens with two attached hydrogens (primary N) is 1. The van der Waals surface area contributed by atoms with E-state index in [1.807, 2.05) is 0 Å². The lowest BCUT2D eigenvalue weighted by Crippen LogP contribution is -2.26. The second-order valence-electron chi connectivity index (χ2n) is 3.86. The summed E-state index contributed by atoms with van der Waals surface area (Å²) in [6.07, 6.45) is 4.96. The van der Waals surface area contributed by atoms with Gasteiger partial charge in [-0.15, -0.1) is 5.10 Å². The second-order valence-corrected chi connectivity index (χ2v) is 3.86. The Kier molecular flexibility index (Phi) is 4.01. The van der Waals surface area contributed by atoms with E-state index in [0.717, 1.165) is 12.3 Å². The highest BCUT2D eigenvalue weighted by molar-refractivity contribution is 5.98. The third-order valence-corrected chi connectivity index (χ3v) is 2.45. The van der Waals surface area contributed by atoms with Crippen molar-refractivity contribution in [3.63, 3.8) is 0 Å². The quantitative estimate of drug-likeness (QED) is 0.752. The van der Waals surface area contributed by atoms with Crippen molar-refractivity contribution in [1.82, 2.24) is 25.3 Å². The minimum Gasteiger partial charge on any atom is -0.383 e. The summed E-state index contributed by atoms with van der Waals surface area (Å²) < 4.78 is 14.6. The maximum Gasteiger partial charge on any atom is 0.255 e. The van der Waals surface area contributed by atoms with Crippen LogP contribution in [0.25, 0.3) is 0 Å². The summed E-state index contributed by atoms with van der Waals surface area (Å²) in [6, 6.07) is 1.06. The summed E-state index contributed by atoms with van der Waals surface area (Å²) in [5, 5.41) is 10.1. The average Bonchev–Trinajstić information content (AvgIpc) is 2.90. The van der Waals surface area contributed by atoms with Crippen molar-refractivity contribution in [2.24, 2.45) is 0 Å². The molecule has 1 amide bonds. The Labute approximate surface area is 108 Å². The van der Waals surface area contributed by atoms with E-state index in [2.05, 4.69) is 20.6 Å². The molecule has 0 spiro atoms. The fraction of sp³-hybridized carbons (Fsp3) is 0.273. The van der Waals surface area contributed by atoms with E-state index >= 15 is 0 Å². The second kappa shape index (κ2) is 5.89. The molecule has 100 valence electrons. The summed E-state index contributed by atoms with van der Waals surface area (Å²) in [6.45, 7) is 1.06. The van der Waals surface area contributed by atoms with Crippen molar-refractivity contribution in [2.75, 3.05) is 12.3 Å². The predicted molar refractivity (Wildman–Crippen MR) is 65.6 cm³/mol. The number of aryl methyl sites for hydroxylation is 1. The Morgan fingerprint density at radius 1 is 1.53 bits per heavy atom. The van der Waals surface area contributed by atoms with Gasteiger partial charge in [-0.1, -0.05) is 5.21 Å². The zero-order valence-electron chi connectivity index (χ0n) is 10.1. The largest absolute Gasteiger partial charge is 0.383 e. The third kappa shape index (κ3) is 3.47. The molecule has 0 aliphatic carbocycles. The zero-order chi connectivity index (χ0) is 13.7. The molecule has 0 saturated carbocycles. The summed E-state index contributed by atoms with van der Waals surface area (Å²) in [5.41, 5.74) is 5.55. The van der Waals surface area contributed by atoms with Gasteiger partial charge in [0.25, 0.3) is 5.91 Å². The molecule has 0 aromatic carbocycles. The molecule has 0 unspecified atom stereocenters. The Hall–Kier alpha value is -2.51. The number of hydrogen-bond donors (Lipinski definition) is 2. The van der Waals surface area contributed by atoms with E-state index in [4.69, 9.17) is 5.73 Å². The third-order valence-electron chi connectivity index (χ3n) is 2.45. The minimum absolute atomic E-state index is 0.00942. The molecule has 0 aliphatic heterocycles. The molecule has 0 saturated heterocycles. The van der Waals surface area contributed by atoms with Crippen LogP contribution >= 0.6 is 0 Å². The highest BCUT2D eigenvalue weighted by atomic mass is 19.1. The lowest BCUT2D eigenvalue weighted by atomic mass is 10.2. The standard InChI is InChI=1S/C11H13FN6O/c12-8-6-9(10(13)15-7-8)11(19)14-2-1-4-18-5-3-16-17-18/h3,5-7H,1-2,4H2,(H2,13,15)(H,14,19). The SMILES string of the molecule is Nc1ncc(F)cc1C(=O)NCCCn1ccnn1. The first-order chi connectivity index (χ1) is 9.16. The first kappa shape index (κ1) is 12.9. The number of halogens is 1. The number of amides is 1. The van der Waals surface area contributed by atoms with Gasteiger partial charge in [0.1, 0.15) is 11.6 Å². The fourth-order valence-corrected chi connectivity index (χ4v) is 1.52. The fourth-order valence-electron chi connectivity index (χ4n) is 1.52. The average molecular weight is 264 g/mol. The molecule has 2 heterocycles. The number of nitrogens with zero attached hydrogens (tertiary/aromatic N) is 4. The first-order valence-electron chi connectivity index (χ1n) is 5.70. The molecule has 2 aromatic rings. The van der Waals surface area contributed by atoms with Crippen LogP contribution in [0, 0.1) is 5.82 Å². The van der Waals surface area contributed by atoms with Gasteiger partial charge in [-0.3, -0.25) is 9.48 Å². The Bertz CT molecular complexity index is 556. The van der Waals surface area contributed by atoms with E-state index in [9.17, 15) is 9.18 Å². The van der Waals surface area contributed by atoms with Crippen molar-refractivity contribution in [3.05, 3.63) is 36.0 Å². The maximum absolute atomic E-state index is 13.0. The van der Waals surface area contributed by atoms with E-state index in [0.29, 0.717) is 19.5 Å². The van der Waals surface area contributed by atoms with Crippen LogP contribution in [-0.2, 0) is 6.54 Å². The lowest BCUT2D eigenvalue weighted by Gasteiger charge is -2.06. The molecule has 7 nitrogen and oxygen atoms in total. The van der Waals surface area contributed by atoms with E-state index in [-0.39, 0.29) is 11.4 Å². The van der Waals surface area contributed by atoms with Crippen LogP contribution in [0.1, 0.15) is 16.8 Å². The van der Waals surface area contributed by atoms with Gasteiger partial charge in [-0.05, 0) is 12.5 Å². The van der Waals surface area contributed by atoms with Crippen LogP contribution in [-0.4, -0.2) is 32.4 Å². The van der Waals surface area contributed by atoms with Gasteiger partial charge in [0.15, 0.2) is 0 Å². The predicted octanol–water partition coefficient (Wildman–Crippen LogP) is 0.214. The molecule has 8 heteroatoms. The molecule has 19 heavy (non-hydrogen) atoms. The van der Waals surface area contributed by atoms with E-state index < -0.39 is 11.7 Å². The van der Waals surface area contributed by atoms with Crippen LogP contribution in [0.15, 0.2) is 24.7 Å². The highest BCUT2D eigenvalue weighted by Crippen LogP contribution is 2.09. The van der Waals surface area contributed by atoms with Crippen molar-refractivity contribution in [2.45, 2.75) is 13.0 Å². The maximum atomic E-state index is 13.0. The number of rotatable bonds is 5. The Balaban J connectivity index is 1.82. The summed E-state index contributed by atoms with van der Waals surface area (Å²) in [5.74, 6) is -1.03. The molecule has 0 aliphatic rings. The normalized spacial score (nSPS) is 10.4. The molecule has 0 radical (unpaired) electrons. The molecule has 0 atom stereocenters. The van der Waals surface area contributed by atoms with Crippen molar-refractivity contribution >= 4 is 11.7 Å².